The van der Waals surface area contributed by atoms with E-state index in [4.69, 9.17) is 27.9 Å². The molecule has 0 radical (unpaired) electrons. The fourth-order valence-corrected chi connectivity index (χ4v) is 3.96. The van der Waals surface area contributed by atoms with Crippen LogP contribution in [0.4, 0.5) is 5.69 Å². The number of halogens is 2. The molecule has 0 saturated carbocycles. The van der Waals surface area contributed by atoms with Crippen LogP contribution in [0.5, 0.6) is 5.88 Å². The fraction of sp³-hybridized carbons (Fsp3) is 0.280. The van der Waals surface area contributed by atoms with Crippen LogP contribution >= 0.6 is 23.2 Å². The Labute approximate surface area is 198 Å². The molecule has 1 N–H and O–H groups in total. The molecule has 32 heavy (non-hydrogen) atoms. The lowest BCUT2D eigenvalue weighted by Crippen LogP contribution is -2.26. The second-order valence-corrected chi connectivity index (χ2v) is 8.39. The van der Waals surface area contributed by atoms with Gasteiger partial charge in [0.1, 0.15) is 17.4 Å². The number of carbonyl (C=O) groups excluding carboxylic acids is 1. The van der Waals surface area contributed by atoms with Crippen molar-refractivity contribution in [3.05, 3.63) is 87.5 Å². The standard InChI is InChI=1S/C18H19ClN2O3.C7H7Cl/c19-16-2-1-7-20-18(16)24-15-5-8-21(11-15)17-10-13(12-23)3-4-14(17)6-9-22;1-6-3-2-4-7(8)5-6/h1-4,7,10,12,15,22H,5-6,8-9,11H2;2-5H,1H3/t15-;/m0./s1. The molecule has 7 heteroatoms. The van der Waals surface area contributed by atoms with Crippen molar-refractivity contribution in [1.82, 2.24) is 4.98 Å². The van der Waals surface area contributed by atoms with Crippen molar-refractivity contribution in [2.75, 3.05) is 24.6 Å². The van der Waals surface area contributed by atoms with Crippen molar-refractivity contribution in [2.45, 2.75) is 25.9 Å². The van der Waals surface area contributed by atoms with Crippen LogP contribution in [0, 0.1) is 6.92 Å². The fourth-order valence-electron chi connectivity index (χ4n) is 3.54. The number of aldehydes is 1. The number of hydrogen-bond acceptors (Lipinski definition) is 5. The molecule has 2 aromatic carbocycles. The van der Waals surface area contributed by atoms with Crippen LogP contribution in [0.1, 0.15) is 27.9 Å². The van der Waals surface area contributed by atoms with Gasteiger partial charge in [0.05, 0.1) is 6.54 Å². The van der Waals surface area contributed by atoms with Gasteiger partial charge in [0, 0.05) is 42.0 Å². The summed E-state index contributed by atoms with van der Waals surface area (Å²) in [5.41, 5.74) is 3.84. The van der Waals surface area contributed by atoms with Crippen LogP contribution in [0.3, 0.4) is 0 Å². The molecule has 0 bridgehead atoms. The molecule has 1 atom stereocenters. The molecular weight excluding hydrogens is 447 g/mol. The number of benzene rings is 2. The van der Waals surface area contributed by atoms with E-state index in [0.717, 1.165) is 35.5 Å². The molecule has 168 valence electrons. The summed E-state index contributed by atoms with van der Waals surface area (Å²) in [7, 11) is 0. The maximum Gasteiger partial charge on any atom is 0.232 e. The summed E-state index contributed by atoms with van der Waals surface area (Å²) in [5.74, 6) is 0.447. The molecule has 2 heterocycles. The average molecular weight is 473 g/mol. The minimum atomic E-state index is -0.0146. The van der Waals surface area contributed by atoms with Crippen LogP contribution < -0.4 is 9.64 Å². The van der Waals surface area contributed by atoms with E-state index in [-0.39, 0.29) is 12.7 Å². The zero-order valence-corrected chi connectivity index (χ0v) is 19.4. The number of hydrogen-bond donors (Lipinski definition) is 1. The Morgan fingerprint density at radius 1 is 1.19 bits per heavy atom. The Hall–Kier alpha value is -2.60. The highest BCUT2D eigenvalue weighted by atomic mass is 35.5. The van der Waals surface area contributed by atoms with E-state index in [1.165, 1.54) is 5.56 Å². The van der Waals surface area contributed by atoms with Gasteiger partial charge in [-0.15, -0.1) is 0 Å². The Morgan fingerprint density at radius 3 is 2.69 bits per heavy atom. The summed E-state index contributed by atoms with van der Waals surface area (Å²) in [4.78, 5) is 17.4. The van der Waals surface area contributed by atoms with E-state index in [0.29, 0.717) is 29.4 Å². The summed E-state index contributed by atoms with van der Waals surface area (Å²) in [5, 5.41) is 10.6. The van der Waals surface area contributed by atoms with Crippen molar-refractivity contribution >= 4 is 35.2 Å². The molecule has 0 spiro atoms. The normalized spacial score (nSPS) is 15.1. The first kappa shape index (κ1) is 24.1. The molecule has 3 aromatic rings. The maximum absolute atomic E-state index is 11.1. The van der Waals surface area contributed by atoms with E-state index >= 15 is 0 Å². The third-order valence-electron chi connectivity index (χ3n) is 5.10. The van der Waals surface area contributed by atoms with Gasteiger partial charge in [0.25, 0.3) is 0 Å². The third kappa shape index (κ3) is 6.70. The Bertz CT molecular complexity index is 1030. The summed E-state index contributed by atoms with van der Waals surface area (Å²) < 4.78 is 5.91. The summed E-state index contributed by atoms with van der Waals surface area (Å²) in [6, 6.07) is 16.8. The first-order valence-corrected chi connectivity index (χ1v) is 11.2. The van der Waals surface area contributed by atoms with E-state index in [1.54, 1.807) is 24.4 Å². The quantitative estimate of drug-likeness (QED) is 0.487. The number of aliphatic hydroxyl groups excluding tert-OH is 1. The number of rotatable bonds is 6. The van der Waals surface area contributed by atoms with E-state index < -0.39 is 0 Å². The van der Waals surface area contributed by atoms with Gasteiger partial charge in [-0.05, 0) is 54.8 Å². The number of nitrogens with zero attached hydrogens (tertiary/aromatic N) is 2. The molecule has 0 aliphatic carbocycles. The molecule has 1 aromatic heterocycles. The number of ether oxygens (including phenoxy) is 1. The van der Waals surface area contributed by atoms with Gasteiger partial charge in [-0.1, -0.05) is 47.5 Å². The summed E-state index contributed by atoms with van der Waals surface area (Å²) >= 11 is 11.7. The maximum atomic E-state index is 11.1. The van der Waals surface area contributed by atoms with Crippen LogP contribution in [-0.2, 0) is 6.42 Å². The number of carbonyl (C=O) groups is 1. The third-order valence-corrected chi connectivity index (χ3v) is 5.62. The zero-order valence-electron chi connectivity index (χ0n) is 17.9. The molecule has 1 fully saturated rings. The van der Waals surface area contributed by atoms with Gasteiger partial charge < -0.3 is 14.7 Å². The van der Waals surface area contributed by atoms with Crippen LogP contribution in [0.2, 0.25) is 10.0 Å². The molecular formula is C25H26Cl2N2O3. The zero-order chi connectivity index (χ0) is 22.9. The molecule has 1 saturated heterocycles. The minimum Gasteiger partial charge on any atom is -0.471 e. The highest BCUT2D eigenvalue weighted by Crippen LogP contribution is 2.29. The van der Waals surface area contributed by atoms with Crippen molar-refractivity contribution in [2.24, 2.45) is 0 Å². The minimum absolute atomic E-state index is 0.0146. The number of anilines is 1. The highest BCUT2D eigenvalue weighted by Gasteiger charge is 2.26. The molecule has 1 aliphatic heterocycles. The topological polar surface area (TPSA) is 62.7 Å². The van der Waals surface area contributed by atoms with E-state index in [9.17, 15) is 9.90 Å². The van der Waals surface area contributed by atoms with Gasteiger partial charge in [-0.3, -0.25) is 4.79 Å². The van der Waals surface area contributed by atoms with Crippen LogP contribution in [-0.4, -0.2) is 42.2 Å². The largest absolute Gasteiger partial charge is 0.471 e. The second kappa shape index (κ2) is 11.9. The molecule has 1 aliphatic rings. The first-order valence-electron chi connectivity index (χ1n) is 10.4. The van der Waals surface area contributed by atoms with Crippen molar-refractivity contribution in [3.8, 4) is 5.88 Å². The van der Waals surface area contributed by atoms with Gasteiger partial charge in [-0.2, -0.15) is 0 Å². The van der Waals surface area contributed by atoms with Crippen LogP contribution in [0.25, 0.3) is 0 Å². The smallest absolute Gasteiger partial charge is 0.232 e. The van der Waals surface area contributed by atoms with Gasteiger partial charge in [-0.25, -0.2) is 4.98 Å². The molecule has 0 amide bonds. The number of aryl methyl sites for hydroxylation is 1. The SMILES string of the molecule is Cc1cccc(Cl)c1.O=Cc1ccc(CCO)c(N2CC[C@H](Oc3ncccc3Cl)C2)c1. The predicted molar refractivity (Wildman–Crippen MR) is 129 cm³/mol. The Kier molecular flexibility index (Phi) is 8.91. The van der Waals surface area contributed by atoms with Crippen molar-refractivity contribution in [1.29, 1.82) is 0 Å². The molecule has 0 unspecified atom stereocenters. The van der Waals surface area contributed by atoms with Crippen molar-refractivity contribution in [3.63, 3.8) is 0 Å². The van der Waals surface area contributed by atoms with E-state index in [1.807, 2.05) is 43.3 Å². The lowest BCUT2D eigenvalue weighted by atomic mass is 10.1. The lowest BCUT2D eigenvalue weighted by molar-refractivity contribution is 0.112. The molecule has 5 nitrogen and oxygen atoms in total. The average Bonchev–Trinajstić information content (AvgIpc) is 3.24. The lowest BCUT2D eigenvalue weighted by Gasteiger charge is -2.22. The number of aliphatic hydroxyl groups is 1. The number of pyridine rings is 1. The molecule has 4 rings (SSSR count). The first-order chi connectivity index (χ1) is 15.5. The van der Waals surface area contributed by atoms with Crippen molar-refractivity contribution < 1.29 is 14.6 Å². The monoisotopic (exact) mass is 472 g/mol. The van der Waals surface area contributed by atoms with E-state index in [2.05, 4.69) is 9.88 Å². The highest BCUT2D eigenvalue weighted by molar-refractivity contribution is 6.31. The van der Waals surface area contributed by atoms with Gasteiger partial charge in [0.15, 0.2) is 0 Å². The predicted octanol–water partition coefficient (Wildman–Crippen LogP) is 5.39. The van der Waals surface area contributed by atoms with Crippen LogP contribution in [0.15, 0.2) is 60.8 Å². The second-order valence-electron chi connectivity index (χ2n) is 7.54. The van der Waals surface area contributed by atoms with Gasteiger partial charge in [0.2, 0.25) is 5.88 Å². The number of aromatic nitrogens is 1. The van der Waals surface area contributed by atoms with Gasteiger partial charge >= 0.3 is 0 Å². The Balaban J connectivity index is 0.000000305. The summed E-state index contributed by atoms with van der Waals surface area (Å²) in [6.07, 6.45) is 3.88. The summed E-state index contributed by atoms with van der Waals surface area (Å²) in [6.45, 7) is 3.60. The Morgan fingerprint density at radius 2 is 2.03 bits per heavy atom.